The molecule has 2 heterocycles. The smallest absolute Gasteiger partial charge is 0.258 e. The van der Waals surface area contributed by atoms with Crippen molar-refractivity contribution in [3.05, 3.63) is 59.4 Å². The summed E-state index contributed by atoms with van der Waals surface area (Å²) in [7, 11) is 3.68. The number of hydrogen-bond donors (Lipinski definition) is 0. The third-order valence-corrected chi connectivity index (χ3v) is 6.77. The number of carbonyl (C=O) groups is 2. The van der Waals surface area contributed by atoms with Gasteiger partial charge in [0.2, 0.25) is 5.91 Å². The van der Waals surface area contributed by atoms with Crippen LogP contribution in [0.5, 0.6) is 5.75 Å². The zero-order valence-electron chi connectivity index (χ0n) is 22.0. The lowest BCUT2D eigenvalue weighted by Crippen LogP contribution is -2.37. The highest BCUT2D eigenvalue weighted by Crippen LogP contribution is 2.31. The molecule has 1 aromatic heterocycles. The minimum absolute atomic E-state index is 0.0815. The SMILES string of the molecule is COc1ccc2oc(C)c(C(=O)N3CCN(C)CCCN(C(=O)CC(C)C)c4ccccc4C3)c2c1. The van der Waals surface area contributed by atoms with Gasteiger partial charge in [0, 0.05) is 43.7 Å². The van der Waals surface area contributed by atoms with Gasteiger partial charge in [-0.25, -0.2) is 0 Å². The van der Waals surface area contributed by atoms with E-state index in [1.54, 1.807) is 7.11 Å². The average Bonchev–Trinajstić information content (AvgIpc) is 3.16. The number of amides is 2. The fraction of sp³-hybridized carbons (Fsp3) is 0.448. The van der Waals surface area contributed by atoms with Crippen LogP contribution < -0.4 is 9.64 Å². The summed E-state index contributed by atoms with van der Waals surface area (Å²) >= 11 is 0. The number of benzene rings is 2. The molecule has 0 N–H and O–H groups in total. The molecule has 0 unspecified atom stereocenters. The number of likely N-dealkylation sites (N-methyl/N-ethyl adjacent to an activating group) is 1. The minimum atomic E-state index is -0.0815. The van der Waals surface area contributed by atoms with E-state index in [-0.39, 0.29) is 17.7 Å². The maximum atomic E-state index is 14.0. The Labute approximate surface area is 213 Å². The molecule has 0 saturated carbocycles. The van der Waals surface area contributed by atoms with Crippen molar-refractivity contribution in [2.75, 3.05) is 45.2 Å². The molecule has 3 aromatic rings. The number of hydrogen-bond acceptors (Lipinski definition) is 5. The summed E-state index contributed by atoms with van der Waals surface area (Å²) in [5.41, 5.74) is 3.08. The Morgan fingerprint density at radius 1 is 1.06 bits per heavy atom. The Morgan fingerprint density at radius 2 is 1.83 bits per heavy atom. The monoisotopic (exact) mass is 491 g/mol. The van der Waals surface area contributed by atoms with E-state index in [2.05, 4.69) is 25.8 Å². The molecular weight excluding hydrogens is 454 g/mol. The van der Waals surface area contributed by atoms with Crippen LogP contribution in [-0.4, -0.2) is 62.0 Å². The van der Waals surface area contributed by atoms with Crippen molar-refractivity contribution in [3.8, 4) is 5.75 Å². The summed E-state index contributed by atoms with van der Waals surface area (Å²) in [5, 5.41) is 0.751. The molecule has 0 fully saturated rings. The number of carbonyl (C=O) groups excluding carboxylic acids is 2. The summed E-state index contributed by atoms with van der Waals surface area (Å²) in [6.45, 7) is 9.19. The third kappa shape index (κ3) is 5.57. The van der Waals surface area contributed by atoms with Crippen LogP contribution in [0.2, 0.25) is 0 Å². The van der Waals surface area contributed by atoms with Crippen molar-refractivity contribution in [1.82, 2.24) is 9.80 Å². The van der Waals surface area contributed by atoms with Crippen LogP contribution in [0.15, 0.2) is 46.9 Å². The number of methoxy groups -OCH3 is 1. The van der Waals surface area contributed by atoms with E-state index < -0.39 is 0 Å². The zero-order chi connectivity index (χ0) is 25.8. The highest BCUT2D eigenvalue weighted by Gasteiger charge is 2.27. The van der Waals surface area contributed by atoms with E-state index in [0.29, 0.717) is 48.7 Å². The molecule has 7 heteroatoms. The van der Waals surface area contributed by atoms with Gasteiger partial charge in [-0.1, -0.05) is 32.0 Å². The molecule has 192 valence electrons. The fourth-order valence-corrected chi connectivity index (χ4v) is 4.86. The number of ether oxygens (including phenoxy) is 1. The molecule has 4 rings (SSSR count). The lowest BCUT2D eigenvalue weighted by atomic mass is 10.1. The number of aryl methyl sites for hydroxylation is 1. The van der Waals surface area contributed by atoms with Gasteiger partial charge in [0.15, 0.2) is 0 Å². The molecule has 0 bridgehead atoms. The van der Waals surface area contributed by atoms with Crippen LogP contribution in [0.3, 0.4) is 0 Å². The topological polar surface area (TPSA) is 66.2 Å². The van der Waals surface area contributed by atoms with E-state index in [4.69, 9.17) is 9.15 Å². The van der Waals surface area contributed by atoms with Gasteiger partial charge in [0.25, 0.3) is 5.91 Å². The summed E-state index contributed by atoms with van der Waals surface area (Å²) in [6.07, 6.45) is 1.36. The predicted molar refractivity (Wildman–Crippen MR) is 143 cm³/mol. The quantitative estimate of drug-likeness (QED) is 0.508. The minimum Gasteiger partial charge on any atom is -0.497 e. The number of para-hydroxylation sites is 1. The van der Waals surface area contributed by atoms with Gasteiger partial charge >= 0.3 is 0 Å². The lowest BCUT2D eigenvalue weighted by Gasteiger charge is -2.28. The van der Waals surface area contributed by atoms with Gasteiger partial charge in [-0.2, -0.15) is 0 Å². The average molecular weight is 492 g/mol. The van der Waals surface area contributed by atoms with Crippen molar-refractivity contribution in [2.24, 2.45) is 5.92 Å². The Balaban J connectivity index is 1.74. The van der Waals surface area contributed by atoms with E-state index in [1.165, 1.54) is 0 Å². The molecule has 1 aliphatic rings. The van der Waals surface area contributed by atoms with Gasteiger partial charge in [-0.05, 0) is 62.7 Å². The third-order valence-electron chi connectivity index (χ3n) is 6.77. The van der Waals surface area contributed by atoms with Gasteiger partial charge in [-0.15, -0.1) is 0 Å². The summed E-state index contributed by atoms with van der Waals surface area (Å²) in [5.74, 6) is 1.59. The van der Waals surface area contributed by atoms with E-state index >= 15 is 0 Å². The predicted octanol–water partition coefficient (Wildman–Crippen LogP) is 5.11. The van der Waals surface area contributed by atoms with Crippen molar-refractivity contribution >= 4 is 28.5 Å². The first-order valence-corrected chi connectivity index (χ1v) is 12.7. The largest absolute Gasteiger partial charge is 0.497 e. The molecule has 0 atom stereocenters. The molecule has 7 nitrogen and oxygen atoms in total. The number of nitrogens with zero attached hydrogens (tertiary/aromatic N) is 3. The zero-order valence-corrected chi connectivity index (χ0v) is 22.0. The Hall–Kier alpha value is -3.32. The highest BCUT2D eigenvalue weighted by atomic mass is 16.5. The highest BCUT2D eigenvalue weighted by molar-refractivity contribution is 6.07. The second-order valence-electron chi connectivity index (χ2n) is 10.1. The van der Waals surface area contributed by atoms with Gasteiger partial charge in [-0.3, -0.25) is 9.59 Å². The normalized spacial score (nSPS) is 15.6. The fourth-order valence-electron chi connectivity index (χ4n) is 4.86. The molecule has 1 aliphatic heterocycles. The standard InChI is InChI=1S/C29H37N3O4/c1-20(2)17-27(33)32-14-8-13-30(4)15-16-31(19-22-9-6-7-10-25(22)32)29(34)28-21(3)36-26-12-11-23(35-5)18-24(26)28/h6-7,9-12,18,20H,8,13-17,19H2,1-5H3. The van der Waals surface area contributed by atoms with Crippen LogP contribution in [-0.2, 0) is 11.3 Å². The van der Waals surface area contributed by atoms with E-state index in [1.807, 2.05) is 59.2 Å². The second kappa shape index (κ2) is 11.2. The van der Waals surface area contributed by atoms with Crippen LogP contribution in [0, 0.1) is 12.8 Å². The molecule has 0 saturated heterocycles. The van der Waals surface area contributed by atoms with E-state index in [0.717, 1.165) is 36.1 Å². The second-order valence-corrected chi connectivity index (χ2v) is 10.1. The first-order valence-electron chi connectivity index (χ1n) is 12.7. The van der Waals surface area contributed by atoms with Crippen LogP contribution in [0.1, 0.15) is 48.4 Å². The Morgan fingerprint density at radius 3 is 2.58 bits per heavy atom. The van der Waals surface area contributed by atoms with Crippen molar-refractivity contribution in [2.45, 2.75) is 40.2 Å². The Kier molecular flexibility index (Phi) is 7.99. The first kappa shape index (κ1) is 25.8. The molecule has 0 radical (unpaired) electrons. The van der Waals surface area contributed by atoms with Crippen molar-refractivity contribution in [3.63, 3.8) is 0 Å². The summed E-state index contributed by atoms with van der Waals surface area (Å²) in [4.78, 5) is 33.3. The molecule has 2 amide bonds. The van der Waals surface area contributed by atoms with Crippen molar-refractivity contribution < 1.29 is 18.7 Å². The van der Waals surface area contributed by atoms with Crippen LogP contribution >= 0.6 is 0 Å². The Bertz CT molecular complexity index is 1230. The van der Waals surface area contributed by atoms with Crippen molar-refractivity contribution in [1.29, 1.82) is 0 Å². The molecular formula is C29H37N3O4. The molecule has 2 aromatic carbocycles. The van der Waals surface area contributed by atoms with Gasteiger partial charge in [0.05, 0.1) is 12.7 Å². The maximum Gasteiger partial charge on any atom is 0.258 e. The molecule has 36 heavy (non-hydrogen) atoms. The number of anilines is 1. The van der Waals surface area contributed by atoms with Crippen LogP contribution in [0.4, 0.5) is 5.69 Å². The molecule has 0 aliphatic carbocycles. The van der Waals surface area contributed by atoms with Gasteiger partial charge in [0.1, 0.15) is 17.1 Å². The van der Waals surface area contributed by atoms with Crippen LogP contribution in [0.25, 0.3) is 11.0 Å². The summed E-state index contributed by atoms with van der Waals surface area (Å²) < 4.78 is 11.3. The maximum absolute atomic E-state index is 14.0. The lowest BCUT2D eigenvalue weighted by molar-refractivity contribution is -0.119. The van der Waals surface area contributed by atoms with E-state index in [9.17, 15) is 9.59 Å². The summed E-state index contributed by atoms with van der Waals surface area (Å²) in [6, 6.07) is 13.5. The van der Waals surface area contributed by atoms with Gasteiger partial charge < -0.3 is 23.9 Å². The number of rotatable bonds is 4. The number of fused-ring (bicyclic) bond motifs is 2. The number of furan rings is 1. The molecule has 0 spiro atoms. The first-order chi connectivity index (χ1) is 17.3.